The first-order valence-electron chi connectivity index (χ1n) is 7.42. The van der Waals surface area contributed by atoms with E-state index >= 15 is 0 Å². The van der Waals surface area contributed by atoms with Crippen LogP contribution in [-0.4, -0.2) is 49.7 Å². The van der Waals surface area contributed by atoms with Gasteiger partial charge in [0.25, 0.3) is 0 Å². The predicted octanol–water partition coefficient (Wildman–Crippen LogP) is 2.03. The van der Waals surface area contributed by atoms with Crippen LogP contribution in [0.3, 0.4) is 0 Å². The first-order chi connectivity index (χ1) is 10.3. The van der Waals surface area contributed by atoms with Crippen molar-refractivity contribution in [1.82, 2.24) is 4.90 Å². The van der Waals surface area contributed by atoms with E-state index in [-0.39, 0.29) is 11.4 Å². The molecule has 1 atom stereocenters. The quantitative estimate of drug-likeness (QED) is 0.839. The van der Waals surface area contributed by atoms with Gasteiger partial charge in [0.2, 0.25) is 5.91 Å². The number of carbonyl (C=O) groups excluding carboxylic acids is 1. The number of halogens is 1. The van der Waals surface area contributed by atoms with Gasteiger partial charge in [-0.25, -0.2) is 0 Å². The summed E-state index contributed by atoms with van der Waals surface area (Å²) in [6.45, 7) is 3.30. The molecular formula is C16H24ClN3O2. The lowest BCUT2D eigenvalue weighted by Gasteiger charge is -2.47. The number of nitrogens with zero attached hydrogens (tertiary/aromatic N) is 1. The van der Waals surface area contributed by atoms with Crippen molar-refractivity contribution in [2.75, 3.05) is 32.6 Å². The third-order valence-corrected chi connectivity index (χ3v) is 4.80. The predicted molar refractivity (Wildman–Crippen MR) is 89.3 cm³/mol. The van der Waals surface area contributed by atoms with Gasteiger partial charge in [0.15, 0.2) is 0 Å². The van der Waals surface area contributed by atoms with Gasteiger partial charge >= 0.3 is 0 Å². The van der Waals surface area contributed by atoms with Crippen LogP contribution in [0.25, 0.3) is 0 Å². The normalized spacial score (nSPS) is 17.9. The van der Waals surface area contributed by atoms with E-state index < -0.39 is 6.04 Å². The Balaban J connectivity index is 1.88. The highest BCUT2D eigenvalue weighted by molar-refractivity contribution is 6.31. The van der Waals surface area contributed by atoms with Gasteiger partial charge < -0.3 is 15.8 Å². The lowest BCUT2D eigenvalue weighted by Crippen LogP contribution is -2.60. The van der Waals surface area contributed by atoms with E-state index in [0.29, 0.717) is 24.7 Å². The number of carbonyl (C=O) groups is 1. The fourth-order valence-electron chi connectivity index (χ4n) is 2.48. The monoisotopic (exact) mass is 325 g/mol. The zero-order chi connectivity index (χ0) is 16.3. The smallest absolute Gasteiger partial charge is 0.241 e. The van der Waals surface area contributed by atoms with Gasteiger partial charge in [0.05, 0.1) is 24.8 Å². The van der Waals surface area contributed by atoms with Crippen LogP contribution >= 0.6 is 11.6 Å². The largest absolute Gasteiger partial charge is 0.377 e. The number of amides is 1. The molecule has 3 N–H and O–H groups in total. The molecule has 1 fully saturated rings. The number of hydrogen-bond acceptors (Lipinski definition) is 4. The van der Waals surface area contributed by atoms with Crippen LogP contribution in [0.15, 0.2) is 18.2 Å². The van der Waals surface area contributed by atoms with Gasteiger partial charge in [-0.3, -0.25) is 9.69 Å². The Kier molecular flexibility index (Phi) is 5.45. The van der Waals surface area contributed by atoms with Crippen molar-refractivity contribution in [2.24, 2.45) is 5.73 Å². The highest BCUT2D eigenvalue weighted by atomic mass is 35.5. The van der Waals surface area contributed by atoms with Gasteiger partial charge in [0.1, 0.15) is 0 Å². The highest BCUT2D eigenvalue weighted by Gasteiger charge is 2.40. The molecule has 1 aliphatic heterocycles. The third kappa shape index (κ3) is 3.79. The van der Waals surface area contributed by atoms with E-state index in [1.165, 1.54) is 0 Å². The van der Waals surface area contributed by atoms with E-state index in [1.54, 1.807) is 12.1 Å². The van der Waals surface area contributed by atoms with E-state index in [1.807, 2.05) is 27.1 Å². The summed E-state index contributed by atoms with van der Waals surface area (Å²) < 4.78 is 5.32. The fourth-order valence-corrected chi connectivity index (χ4v) is 2.59. The van der Waals surface area contributed by atoms with Crippen LogP contribution in [0.2, 0.25) is 5.02 Å². The maximum Gasteiger partial charge on any atom is 0.241 e. The Morgan fingerprint density at radius 1 is 1.50 bits per heavy atom. The van der Waals surface area contributed by atoms with E-state index in [2.05, 4.69) is 10.2 Å². The molecule has 0 bridgehead atoms. The molecule has 1 amide bonds. The maximum atomic E-state index is 12.2. The second-order valence-corrected chi connectivity index (χ2v) is 6.62. The number of anilines is 1. The number of likely N-dealkylation sites (N-methyl/N-ethyl adjacent to an activating group) is 1. The molecule has 22 heavy (non-hydrogen) atoms. The molecular weight excluding hydrogens is 302 g/mol. The molecule has 6 heteroatoms. The van der Waals surface area contributed by atoms with Crippen molar-refractivity contribution < 1.29 is 9.53 Å². The summed E-state index contributed by atoms with van der Waals surface area (Å²) in [6, 6.07) is 4.85. The summed E-state index contributed by atoms with van der Waals surface area (Å²) in [6.07, 6.45) is 1.47. The van der Waals surface area contributed by atoms with Gasteiger partial charge in [0, 0.05) is 10.7 Å². The summed E-state index contributed by atoms with van der Waals surface area (Å²) in [4.78, 5) is 14.3. The minimum Gasteiger partial charge on any atom is -0.377 e. The van der Waals surface area contributed by atoms with Crippen molar-refractivity contribution in [3.05, 3.63) is 28.8 Å². The summed E-state index contributed by atoms with van der Waals surface area (Å²) in [5, 5.41) is 3.52. The van der Waals surface area contributed by atoms with Gasteiger partial charge in [-0.05, 0) is 57.6 Å². The van der Waals surface area contributed by atoms with Crippen molar-refractivity contribution in [1.29, 1.82) is 0 Å². The second kappa shape index (κ2) is 6.96. The van der Waals surface area contributed by atoms with Crippen LogP contribution in [0.4, 0.5) is 5.69 Å². The van der Waals surface area contributed by atoms with E-state index in [4.69, 9.17) is 22.1 Å². The van der Waals surface area contributed by atoms with Gasteiger partial charge in [-0.2, -0.15) is 0 Å². The zero-order valence-electron chi connectivity index (χ0n) is 13.4. The second-order valence-electron chi connectivity index (χ2n) is 6.21. The molecule has 0 radical (unpaired) electrons. The van der Waals surface area contributed by atoms with Crippen molar-refractivity contribution in [2.45, 2.75) is 31.3 Å². The Morgan fingerprint density at radius 2 is 2.18 bits per heavy atom. The SMILES string of the molecule is Cc1cc(NC(=O)C(N)CCC2(N(C)C)COC2)ccc1Cl. The molecule has 1 heterocycles. The topological polar surface area (TPSA) is 67.6 Å². The number of nitrogens with two attached hydrogens (primary N) is 1. The molecule has 1 aromatic carbocycles. The van der Waals surface area contributed by atoms with Crippen LogP contribution in [0.1, 0.15) is 18.4 Å². The number of hydrogen-bond donors (Lipinski definition) is 2. The molecule has 1 saturated heterocycles. The van der Waals surface area contributed by atoms with E-state index in [0.717, 1.165) is 17.7 Å². The van der Waals surface area contributed by atoms with Crippen LogP contribution in [0, 0.1) is 6.92 Å². The molecule has 5 nitrogen and oxygen atoms in total. The maximum absolute atomic E-state index is 12.2. The van der Waals surface area contributed by atoms with Gasteiger partial charge in [-0.1, -0.05) is 11.6 Å². The summed E-state index contributed by atoms with van der Waals surface area (Å²) in [5.41, 5.74) is 7.69. The third-order valence-electron chi connectivity index (χ3n) is 4.37. The Bertz CT molecular complexity index is 544. The zero-order valence-corrected chi connectivity index (χ0v) is 14.1. The van der Waals surface area contributed by atoms with Crippen molar-refractivity contribution in [3.8, 4) is 0 Å². The molecule has 0 aromatic heterocycles. The minimum absolute atomic E-state index is 0.0226. The van der Waals surface area contributed by atoms with Crippen LogP contribution < -0.4 is 11.1 Å². The number of ether oxygens (including phenoxy) is 1. The number of aryl methyl sites for hydroxylation is 1. The van der Waals surface area contributed by atoms with Gasteiger partial charge in [-0.15, -0.1) is 0 Å². The molecule has 0 saturated carbocycles. The molecule has 1 aliphatic rings. The van der Waals surface area contributed by atoms with E-state index in [9.17, 15) is 4.79 Å². The first kappa shape index (κ1) is 17.2. The molecule has 122 valence electrons. The summed E-state index contributed by atoms with van der Waals surface area (Å²) in [7, 11) is 4.06. The lowest BCUT2D eigenvalue weighted by molar-refractivity contribution is -0.131. The number of nitrogens with one attached hydrogen (secondary N) is 1. The number of benzene rings is 1. The Labute approximate surface area is 136 Å². The highest BCUT2D eigenvalue weighted by Crippen LogP contribution is 2.28. The molecule has 1 aromatic rings. The van der Waals surface area contributed by atoms with Crippen molar-refractivity contribution in [3.63, 3.8) is 0 Å². The molecule has 0 spiro atoms. The fraction of sp³-hybridized carbons (Fsp3) is 0.562. The summed E-state index contributed by atoms with van der Waals surface area (Å²) >= 11 is 5.98. The minimum atomic E-state index is -0.534. The summed E-state index contributed by atoms with van der Waals surface area (Å²) in [5.74, 6) is -0.170. The Hall–Kier alpha value is -1.14. The Morgan fingerprint density at radius 3 is 2.68 bits per heavy atom. The molecule has 1 unspecified atom stereocenters. The van der Waals surface area contributed by atoms with Crippen molar-refractivity contribution >= 4 is 23.2 Å². The molecule has 0 aliphatic carbocycles. The van der Waals surface area contributed by atoms with Crippen LogP contribution in [0.5, 0.6) is 0 Å². The van der Waals surface area contributed by atoms with Crippen LogP contribution in [-0.2, 0) is 9.53 Å². The average molecular weight is 326 g/mol. The standard InChI is InChI=1S/C16H24ClN3O2/c1-11-8-12(4-5-13(11)17)19-15(21)14(18)6-7-16(20(2)3)9-22-10-16/h4-5,8,14H,6-7,9-10,18H2,1-3H3,(H,19,21). The molecule has 2 rings (SSSR count). The lowest BCUT2D eigenvalue weighted by atomic mass is 9.88. The first-order valence-corrected chi connectivity index (χ1v) is 7.80. The average Bonchev–Trinajstić information content (AvgIpc) is 2.41. The number of rotatable bonds is 6.